The minimum Gasteiger partial charge on any atom is -0.390 e. The predicted octanol–water partition coefficient (Wildman–Crippen LogP) is 5.41. The second-order valence-corrected chi connectivity index (χ2v) is 12.2. The topological polar surface area (TPSA) is 49.7 Å². The van der Waals surface area contributed by atoms with Gasteiger partial charge in [0, 0.05) is 9.65 Å². The van der Waals surface area contributed by atoms with E-state index in [0.29, 0.717) is 4.83 Å². The molecule has 6 heteroatoms. The van der Waals surface area contributed by atoms with Crippen LogP contribution in [0.15, 0.2) is 0 Å². The van der Waals surface area contributed by atoms with Gasteiger partial charge in [-0.3, -0.25) is 0 Å². The van der Waals surface area contributed by atoms with Gasteiger partial charge in [0.15, 0.2) is 0 Å². The zero-order valence-corrected chi connectivity index (χ0v) is 20.6. The zero-order valence-electron chi connectivity index (χ0n) is 16.7. The van der Waals surface area contributed by atoms with E-state index in [1.807, 2.05) is 13.8 Å². The van der Waals surface area contributed by atoms with Gasteiger partial charge in [0.1, 0.15) is 0 Å². The number of ether oxygens (including phenoxy) is 1. The number of rotatable bonds is 5. The Morgan fingerprint density at radius 3 is 2.23 bits per heavy atom. The molecule has 0 spiro atoms. The molecule has 2 fully saturated rings. The van der Waals surface area contributed by atoms with E-state index in [9.17, 15) is 10.2 Å². The molecule has 7 atom stereocenters. The number of aliphatic hydroxyl groups excluding tert-OH is 1. The molecule has 0 amide bonds. The van der Waals surface area contributed by atoms with Gasteiger partial charge in [-0.2, -0.15) is 0 Å². The maximum absolute atomic E-state index is 11.1. The van der Waals surface area contributed by atoms with Crippen molar-refractivity contribution in [3.63, 3.8) is 0 Å². The molecule has 1 heterocycles. The number of alkyl halides is 3. The average Bonchev–Trinajstić information content (AvgIpc) is 2.54. The van der Waals surface area contributed by atoms with Crippen LogP contribution in [0.25, 0.3) is 0 Å². The summed E-state index contributed by atoms with van der Waals surface area (Å²) in [5.74, 6) is 0.356. The van der Waals surface area contributed by atoms with E-state index >= 15 is 0 Å². The van der Waals surface area contributed by atoms with Crippen LogP contribution in [0.1, 0.15) is 73.1 Å². The molecule has 1 saturated heterocycles. The third-order valence-electron chi connectivity index (χ3n) is 7.16. The van der Waals surface area contributed by atoms with Gasteiger partial charge < -0.3 is 14.9 Å². The molecule has 2 rings (SSSR count). The first-order valence-electron chi connectivity index (χ1n) is 9.73. The lowest BCUT2D eigenvalue weighted by Crippen LogP contribution is -2.58. The molecule has 0 bridgehead atoms. The summed E-state index contributed by atoms with van der Waals surface area (Å²) in [4.78, 5) is 0.630. The zero-order chi connectivity index (χ0) is 20.0. The molecule has 1 saturated carbocycles. The molecular weight excluding hydrogens is 483 g/mol. The summed E-state index contributed by atoms with van der Waals surface area (Å²) >= 11 is 13.6. The Bertz CT molecular complexity index is 501. The van der Waals surface area contributed by atoms with Gasteiger partial charge in [0.2, 0.25) is 0 Å². The second kappa shape index (κ2) is 8.10. The monoisotopic (exact) mass is 516 g/mol. The molecule has 26 heavy (non-hydrogen) atoms. The van der Waals surface area contributed by atoms with Crippen LogP contribution in [0.2, 0.25) is 0 Å². The first-order chi connectivity index (χ1) is 11.8. The summed E-state index contributed by atoms with van der Waals surface area (Å²) in [6.45, 7) is 10.6. The number of aliphatic hydroxyl groups is 2. The summed E-state index contributed by atoms with van der Waals surface area (Å²) in [5.41, 5.74) is -1.68. The molecule has 0 radical (unpaired) electrons. The highest BCUT2D eigenvalue weighted by Crippen LogP contribution is 2.53. The van der Waals surface area contributed by atoms with Crippen LogP contribution in [0.4, 0.5) is 0 Å². The fourth-order valence-electron chi connectivity index (χ4n) is 5.07. The van der Waals surface area contributed by atoms with Gasteiger partial charge in [0.25, 0.3) is 0 Å². The van der Waals surface area contributed by atoms with E-state index in [-0.39, 0.29) is 22.0 Å². The largest absolute Gasteiger partial charge is 0.390 e. The maximum atomic E-state index is 11.1. The predicted molar refractivity (Wildman–Crippen MR) is 116 cm³/mol. The third-order valence-corrected chi connectivity index (χ3v) is 10.5. The van der Waals surface area contributed by atoms with E-state index in [0.717, 1.165) is 38.5 Å². The highest BCUT2D eigenvalue weighted by atomic mass is 79.9. The standard InChI is InChI=1S/C20H35Br2ClO3/c1-17(2)13(18(3,25)9-7-14(17)21)6-10-19(4)15(22)8-11-20(5,26-19)16(24)12-23/h13-16,24-25H,6-12H2,1-5H3. The van der Waals surface area contributed by atoms with E-state index in [1.165, 1.54) is 0 Å². The molecule has 1 aliphatic heterocycles. The lowest BCUT2D eigenvalue weighted by Gasteiger charge is -2.53. The normalized spacial score (nSPS) is 47.5. The van der Waals surface area contributed by atoms with E-state index < -0.39 is 22.9 Å². The molecule has 0 aromatic carbocycles. The van der Waals surface area contributed by atoms with Crippen LogP contribution >= 0.6 is 43.5 Å². The Kier molecular flexibility index (Phi) is 7.29. The Hall–Kier alpha value is 1.13. The first-order valence-corrected chi connectivity index (χ1v) is 12.1. The van der Waals surface area contributed by atoms with Crippen molar-refractivity contribution in [2.24, 2.45) is 11.3 Å². The van der Waals surface area contributed by atoms with Crippen LogP contribution in [0, 0.1) is 11.3 Å². The van der Waals surface area contributed by atoms with Crippen molar-refractivity contribution < 1.29 is 14.9 Å². The molecule has 2 N–H and O–H groups in total. The average molecular weight is 519 g/mol. The highest BCUT2D eigenvalue weighted by Gasteiger charge is 2.52. The molecule has 2 aliphatic rings. The van der Waals surface area contributed by atoms with E-state index in [1.54, 1.807) is 0 Å². The highest BCUT2D eigenvalue weighted by molar-refractivity contribution is 9.09. The van der Waals surface area contributed by atoms with Gasteiger partial charge in [-0.15, -0.1) is 11.6 Å². The van der Waals surface area contributed by atoms with Crippen LogP contribution in [-0.4, -0.2) is 48.7 Å². The van der Waals surface area contributed by atoms with Crippen molar-refractivity contribution >= 4 is 43.5 Å². The van der Waals surface area contributed by atoms with Crippen LogP contribution in [0.5, 0.6) is 0 Å². The van der Waals surface area contributed by atoms with Crippen molar-refractivity contribution in [1.82, 2.24) is 0 Å². The smallest absolute Gasteiger partial charge is 0.0962 e. The van der Waals surface area contributed by atoms with Gasteiger partial charge >= 0.3 is 0 Å². The van der Waals surface area contributed by atoms with Crippen molar-refractivity contribution in [1.29, 1.82) is 0 Å². The second-order valence-electron chi connectivity index (χ2n) is 9.68. The Morgan fingerprint density at radius 1 is 1.08 bits per heavy atom. The van der Waals surface area contributed by atoms with Crippen LogP contribution < -0.4 is 0 Å². The molecule has 0 aromatic heterocycles. The summed E-state index contributed by atoms with van der Waals surface area (Å²) in [5, 5.41) is 21.4. The van der Waals surface area contributed by atoms with Crippen LogP contribution in [-0.2, 0) is 4.74 Å². The summed E-state index contributed by atoms with van der Waals surface area (Å²) < 4.78 is 6.51. The summed E-state index contributed by atoms with van der Waals surface area (Å²) in [7, 11) is 0. The minimum absolute atomic E-state index is 0.00748. The summed E-state index contributed by atoms with van der Waals surface area (Å²) in [6.07, 6.45) is 4.56. The van der Waals surface area contributed by atoms with E-state index in [2.05, 4.69) is 52.6 Å². The molecular formula is C20H35Br2ClO3. The fourth-order valence-corrected chi connectivity index (χ4v) is 6.50. The quantitative estimate of drug-likeness (QED) is 0.479. The Balaban J connectivity index is 2.17. The molecule has 1 aliphatic carbocycles. The summed E-state index contributed by atoms with van der Waals surface area (Å²) in [6, 6.07) is 0. The SMILES string of the molecule is CC1(O)CCC(Br)C(C)(C)C1CCC1(C)OC(C)(C(O)CCl)CCC1Br. The lowest BCUT2D eigenvalue weighted by molar-refractivity contribution is -0.212. The molecule has 154 valence electrons. The molecule has 7 unspecified atom stereocenters. The van der Waals surface area contributed by atoms with Gasteiger partial charge in [0.05, 0.1) is 28.8 Å². The maximum Gasteiger partial charge on any atom is 0.0962 e. The third kappa shape index (κ3) is 4.48. The number of halogens is 3. The lowest BCUT2D eigenvalue weighted by atomic mass is 9.59. The van der Waals surface area contributed by atoms with Crippen LogP contribution in [0.3, 0.4) is 0 Å². The minimum atomic E-state index is -0.676. The van der Waals surface area contributed by atoms with Crippen molar-refractivity contribution in [2.75, 3.05) is 5.88 Å². The first kappa shape index (κ1) is 23.4. The van der Waals surface area contributed by atoms with Gasteiger partial charge in [-0.05, 0) is 70.6 Å². The van der Waals surface area contributed by atoms with Gasteiger partial charge in [-0.25, -0.2) is 0 Å². The van der Waals surface area contributed by atoms with E-state index in [4.69, 9.17) is 16.3 Å². The van der Waals surface area contributed by atoms with Crippen molar-refractivity contribution in [2.45, 2.75) is 106 Å². The van der Waals surface area contributed by atoms with Crippen molar-refractivity contribution in [3.05, 3.63) is 0 Å². The molecule has 0 aromatic rings. The van der Waals surface area contributed by atoms with Gasteiger partial charge in [-0.1, -0.05) is 45.7 Å². The van der Waals surface area contributed by atoms with Crippen molar-refractivity contribution in [3.8, 4) is 0 Å². The molecule has 3 nitrogen and oxygen atoms in total. The number of hydrogen-bond donors (Lipinski definition) is 2. The Morgan fingerprint density at radius 2 is 1.65 bits per heavy atom. The number of hydrogen-bond acceptors (Lipinski definition) is 3. The fraction of sp³-hybridized carbons (Fsp3) is 1.00. The Labute approximate surface area is 180 Å².